The zero-order valence-corrected chi connectivity index (χ0v) is 17.7. The van der Waals surface area contributed by atoms with Crippen LogP contribution in [0.3, 0.4) is 0 Å². The number of carbonyl (C=O) groups is 1. The average molecular weight is 438 g/mol. The van der Waals surface area contributed by atoms with Gasteiger partial charge in [0.2, 0.25) is 10.0 Å². The van der Waals surface area contributed by atoms with Gasteiger partial charge in [-0.2, -0.15) is 0 Å². The molecule has 0 radical (unpaired) electrons. The fourth-order valence-electron chi connectivity index (χ4n) is 3.26. The highest BCUT2D eigenvalue weighted by Crippen LogP contribution is 2.24. The molecule has 1 aliphatic heterocycles. The minimum absolute atomic E-state index is 0.108. The first-order valence-corrected chi connectivity index (χ1v) is 11.2. The lowest BCUT2D eigenvalue weighted by Crippen LogP contribution is -2.43. The summed E-state index contributed by atoms with van der Waals surface area (Å²) < 4.78 is 33.7. The van der Waals surface area contributed by atoms with Crippen molar-refractivity contribution >= 4 is 27.5 Å². The number of carbonyl (C=O) groups excluding carboxylic acids is 1. The summed E-state index contributed by atoms with van der Waals surface area (Å²) in [4.78, 5) is 13.9. The zero-order valence-electron chi connectivity index (χ0n) is 16.1. The van der Waals surface area contributed by atoms with E-state index in [4.69, 9.17) is 16.3 Å². The Kier molecular flexibility index (Phi) is 7.26. The third-order valence-corrected chi connectivity index (χ3v) is 6.52. The number of nitrogens with one attached hydrogen (secondary N) is 2. The minimum atomic E-state index is -3.73. The van der Waals surface area contributed by atoms with Crippen LogP contribution < -0.4 is 10.0 Å². The van der Waals surface area contributed by atoms with Crippen molar-refractivity contribution < 1.29 is 17.9 Å². The molecule has 1 amide bonds. The van der Waals surface area contributed by atoms with E-state index in [2.05, 4.69) is 14.9 Å². The summed E-state index contributed by atoms with van der Waals surface area (Å²) in [6, 6.07) is 13.1. The predicted molar refractivity (Wildman–Crippen MR) is 112 cm³/mol. The lowest BCUT2D eigenvalue weighted by atomic mass is 10.1. The van der Waals surface area contributed by atoms with Gasteiger partial charge >= 0.3 is 0 Å². The molecular formula is C20H24ClN3O4S. The van der Waals surface area contributed by atoms with Gasteiger partial charge in [-0.3, -0.25) is 9.69 Å². The summed E-state index contributed by atoms with van der Waals surface area (Å²) in [5.41, 5.74) is 1.34. The van der Waals surface area contributed by atoms with Crippen LogP contribution in [0.25, 0.3) is 0 Å². The predicted octanol–water partition coefficient (Wildman–Crippen LogP) is 2.05. The van der Waals surface area contributed by atoms with Crippen LogP contribution in [0.5, 0.6) is 0 Å². The van der Waals surface area contributed by atoms with Crippen LogP contribution in [-0.2, 0) is 14.8 Å². The Morgan fingerprint density at radius 1 is 1.17 bits per heavy atom. The summed E-state index contributed by atoms with van der Waals surface area (Å²) in [7, 11) is -2.21. The van der Waals surface area contributed by atoms with E-state index in [-0.39, 0.29) is 23.4 Å². The molecular weight excluding hydrogens is 414 g/mol. The molecule has 1 unspecified atom stereocenters. The quantitative estimate of drug-likeness (QED) is 0.692. The minimum Gasteiger partial charge on any atom is -0.379 e. The third-order valence-electron chi connectivity index (χ3n) is 4.84. The first kappa shape index (κ1) is 21.7. The van der Waals surface area contributed by atoms with Crippen LogP contribution in [-0.4, -0.2) is 59.1 Å². The molecule has 0 saturated carbocycles. The number of sulfonamides is 1. The van der Waals surface area contributed by atoms with Crippen molar-refractivity contribution in [3.8, 4) is 0 Å². The monoisotopic (exact) mass is 437 g/mol. The molecule has 0 spiro atoms. The molecule has 0 bridgehead atoms. The Morgan fingerprint density at radius 3 is 2.48 bits per heavy atom. The van der Waals surface area contributed by atoms with Crippen molar-refractivity contribution in [2.24, 2.45) is 0 Å². The maximum Gasteiger partial charge on any atom is 0.251 e. The topological polar surface area (TPSA) is 87.7 Å². The second kappa shape index (κ2) is 9.69. The summed E-state index contributed by atoms with van der Waals surface area (Å²) >= 11 is 6.15. The van der Waals surface area contributed by atoms with Crippen LogP contribution in [0, 0.1) is 0 Å². The van der Waals surface area contributed by atoms with E-state index in [1.54, 1.807) is 6.07 Å². The first-order chi connectivity index (χ1) is 13.9. The Bertz CT molecular complexity index is 944. The molecule has 156 valence electrons. The fourth-order valence-corrected chi connectivity index (χ4v) is 4.50. The second-order valence-electron chi connectivity index (χ2n) is 6.67. The molecule has 1 saturated heterocycles. The van der Waals surface area contributed by atoms with Crippen molar-refractivity contribution in [2.45, 2.75) is 10.9 Å². The Morgan fingerprint density at radius 2 is 1.86 bits per heavy atom. The molecule has 29 heavy (non-hydrogen) atoms. The number of nitrogens with zero attached hydrogens (tertiary/aromatic N) is 1. The number of benzene rings is 2. The van der Waals surface area contributed by atoms with Gasteiger partial charge in [-0.1, -0.05) is 23.7 Å². The van der Waals surface area contributed by atoms with Crippen molar-refractivity contribution in [1.29, 1.82) is 0 Å². The maximum atomic E-state index is 12.8. The molecule has 2 N–H and O–H groups in total. The van der Waals surface area contributed by atoms with E-state index in [1.165, 1.54) is 31.3 Å². The van der Waals surface area contributed by atoms with Gasteiger partial charge in [0, 0.05) is 43.3 Å². The third kappa shape index (κ3) is 5.55. The highest BCUT2D eigenvalue weighted by atomic mass is 35.5. The Balaban J connectivity index is 1.77. The maximum absolute atomic E-state index is 12.8. The van der Waals surface area contributed by atoms with Crippen LogP contribution >= 0.6 is 11.6 Å². The molecule has 3 rings (SSSR count). The number of ether oxygens (including phenoxy) is 1. The molecule has 1 fully saturated rings. The summed E-state index contributed by atoms with van der Waals surface area (Å²) in [5, 5.41) is 3.11. The summed E-state index contributed by atoms with van der Waals surface area (Å²) in [6.45, 7) is 2.81. The number of rotatable bonds is 7. The first-order valence-electron chi connectivity index (χ1n) is 9.30. The van der Waals surface area contributed by atoms with Gasteiger partial charge in [-0.15, -0.1) is 0 Å². The van der Waals surface area contributed by atoms with Crippen molar-refractivity contribution in [1.82, 2.24) is 14.9 Å². The van der Waals surface area contributed by atoms with E-state index < -0.39 is 10.0 Å². The standard InChI is InChI=1S/C20H24ClN3O4S/c1-22-20(25)15-5-7-18(8-6-15)29(26,27)23-14-19(24-9-11-28-12-10-24)16-3-2-4-17(21)13-16/h2-8,13,19,23H,9-12,14H2,1H3,(H,22,25). The van der Waals surface area contributed by atoms with E-state index in [0.29, 0.717) is 36.9 Å². The molecule has 1 aliphatic rings. The highest BCUT2D eigenvalue weighted by Gasteiger charge is 2.25. The summed E-state index contributed by atoms with van der Waals surface area (Å²) in [6.07, 6.45) is 0. The molecule has 2 aromatic carbocycles. The highest BCUT2D eigenvalue weighted by molar-refractivity contribution is 7.89. The molecule has 0 aliphatic carbocycles. The molecule has 2 aromatic rings. The summed E-state index contributed by atoms with van der Waals surface area (Å²) in [5.74, 6) is -0.268. The molecule has 9 heteroatoms. The second-order valence-corrected chi connectivity index (χ2v) is 8.88. The van der Waals surface area contributed by atoms with Crippen LogP contribution in [0.1, 0.15) is 22.0 Å². The van der Waals surface area contributed by atoms with Crippen LogP contribution in [0.15, 0.2) is 53.4 Å². The van der Waals surface area contributed by atoms with Crippen molar-refractivity contribution in [3.05, 3.63) is 64.7 Å². The number of morpholine rings is 1. The van der Waals surface area contributed by atoms with E-state index in [1.807, 2.05) is 18.2 Å². The van der Waals surface area contributed by atoms with Crippen molar-refractivity contribution in [3.63, 3.8) is 0 Å². The number of halogens is 1. The van der Waals surface area contributed by atoms with E-state index >= 15 is 0 Å². The molecule has 1 atom stereocenters. The Labute approximate surface area is 176 Å². The number of hydrogen-bond donors (Lipinski definition) is 2. The Hall–Kier alpha value is -1.97. The largest absolute Gasteiger partial charge is 0.379 e. The van der Waals surface area contributed by atoms with E-state index in [9.17, 15) is 13.2 Å². The zero-order chi connectivity index (χ0) is 20.9. The molecule has 7 nitrogen and oxygen atoms in total. The van der Waals surface area contributed by atoms with Gasteiger partial charge in [0.15, 0.2) is 0 Å². The smallest absolute Gasteiger partial charge is 0.251 e. The molecule has 0 aromatic heterocycles. The van der Waals surface area contributed by atoms with Gasteiger partial charge in [-0.05, 0) is 42.0 Å². The van der Waals surface area contributed by atoms with E-state index in [0.717, 1.165) is 5.56 Å². The SMILES string of the molecule is CNC(=O)c1ccc(S(=O)(=O)NCC(c2cccc(Cl)c2)N2CCOCC2)cc1. The van der Waals surface area contributed by atoms with Crippen LogP contribution in [0.2, 0.25) is 5.02 Å². The number of amides is 1. The molecule has 1 heterocycles. The lowest BCUT2D eigenvalue weighted by molar-refractivity contribution is 0.0172. The van der Waals surface area contributed by atoms with Gasteiger partial charge in [0.25, 0.3) is 5.91 Å². The van der Waals surface area contributed by atoms with Crippen LogP contribution in [0.4, 0.5) is 0 Å². The van der Waals surface area contributed by atoms with Gasteiger partial charge in [0.05, 0.1) is 18.1 Å². The lowest BCUT2D eigenvalue weighted by Gasteiger charge is -2.35. The number of hydrogen-bond acceptors (Lipinski definition) is 5. The average Bonchev–Trinajstić information content (AvgIpc) is 2.74. The normalized spacial score (nSPS) is 16.3. The van der Waals surface area contributed by atoms with Crippen molar-refractivity contribution in [2.75, 3.05) is 39.9 Å². The van der Waals surface area contributed by atoms with Gasteiger partial charge in [-0.25, -0.2) is 13.1 Å². The van der Waals surface area contributed by atoms with Gasteiger partial charge < -0.3 is 10.1 Å². The fraction of sp³-hybridized carbons (Fsp3) is 0.350. The van der Waals surface area contributed by atoms with Gasteiger partial charge in [0.1, 0.15) is 0 Å².